The molecule has 124 valence electrons. The first-order valence-electron chi connectivity index (χ1n) is 7.88. The predicted molar refractivity (Wildman–Crippen MR) is 92.1 cm³/mol. The van der Waals surface area contributed by atoms with Crippen molar-refractivity contribution in [2.24, 2.45) is 5.92 Å². The van der Waals surface area contributed by atoms with Gasteiger partial charge < -0.3 is 15.0 Å². The van der Waals surface area contributed by atoms with Crippen molar-refractivity contribution in [2.45, 2.75) is 59.7 Å². The molecule has 0 saturated heterocycles. The number of anilines is 1. The van der Waals surface area contributed by atoms with Crippen LogP contribution in [0.4, 0.5) is 10.5 Å². The maximum absolute atomic E-state index is 12.0. The third kappa shape index (κ3) is 6.37. The number of carbonyl (C=O) groups is 1. The smallest absolute Gasteiger partial charge is 0.410 e. The fourth-order valence-corrected chi connectivity index (χ4v) is 1.87. The topological polar surface area (TPSA) is 41.6 Å². The number of carbonyl (C=O) groups excluding carboxylic acids is 1. The number of amides is 1. The van der Waals surface area contributed by atoms with Gasteiger partial charge in [-0.05, 0) is 51.3 Å². The van der Waals surface area contributed by atoms with Crippen LogP contribution in [0.25, 0.3) is 0 Å². The second-order valence-corrected chi connectivity index (χ2v) is 7.21. The van der Waals surface area contributed by atoms with Crippen molar-refractivity contribution in [1.82, 2.24) is 4.90 Å². The van der Waals surface area contributed by atoms with Crippen LogP contribution in [0.15, 0.2) is 24.3 Å². The van der Waals surface area contributed by atoms with E-state index in [1.807, 2.05) is 32.9 Å². The fourth-order valence-electron chi connectivity index (χ4n) is 1.87. The minimum atomic E-state index is -0.471. The summed E-state index contributed by atoms with van der Waals surface area (Å²) >= 11 is 0. The lowest BCUT2D eigenvalue weighted by molar-refractivity contribution is 0.0285. The molecule has 1 atom stereocenters. The molecular weight excluding hydrogens is 276 g/mol. The van der Waals surface area contributed by atoms with Gasteiger partial charge in [0.2, 0.25) is 0 Å². The molecule has 0 aromatic heterocycles. The number of nitrogens with zero attached hydrogens (tertiary/aromatic N) is 1. The summed E-state index contributed by atoms with van der Waals surface area (Å²) in [5.74, 6) is 0.563. The lowest BCUT2D eigenvalue weighted by Gasteiger charge is -2.25. The molecule has 1 rings (SSSR count). The Morgan fingerprint density at radius 2 is 1.91 bits per heavy atom. The minimum Gasteiger partial charge on any atom is -0.444 e. The Labute approximate surface area is 134 Å². The van der Waals surface area contributed by atoms with E-state index >= 15 is 0 Å². The summed E-state index contributed by atoms with van der Waals surface area (Å²) in [7, 11) is 1.75. The van der Waals surface area contributed by atoms with E-state index in [4.69, 9.17) is 4.74 Å². The van der Waals surface area contributed by atoms with E-state index in [0.29, 0.717) is 18.5 Å². The number of benzene rings is 1. The summed E-state index contributed by atoms with van der Waals surface area (Å²) < 4.78 is 5.37. The first kappa shape index (κ1) is 18.3. The van der Waals surface area contributed by atoms with E-state index in [9.17, 15) is 4.79 Å². The van der Waals surface area contributed by atoms with Crippen LogP contribution in [-0.2, 0) is 11.3 Å². The molecule has 0 heterocycles. The average molecular weight is 306 g/mol. The number of nitrogens with one attached hydrogen (secondary N) is 1. The molecule has 4 nitrogen and oxygen atoms in total. The molecule has 0 aliphatic carbocycles. The Bertz CT molecular complexity index is 492. The molecule has 1 N–H and O–H groups in total. The summed E-state index contributed by atoms with van der Waals surface area (Å²) in [4.78, 5) is 13.6. The van der Waals surface area contributed by atoms with Crippen LogP contribution in [0.1, 0.15) is 47.1 Å². The van der Waals surface area contributed by atoms with Gasteiger partial charge in [0.05, 0.1) is 0 Å². The highest BCUT2D eigenvalue weighted by atomic mass is 16.6. The van der Waals surface area contributed by atoms with Crippen LogP contribution in [0, 0.1) is 5.92 Å². The van der Waals surface area contributed by atoms with Crippen molar-refractivity contribution in [3.63, 3.8) is 0 Å². The van der Waals surface area contributed by atoms with Gasteiger partial charge in [0.15, 0.2) is 0 Å². The van der Waals surface area contributed by atoms with Crippen LogP contribution >= 0.6 is 0 Å². The molecule has 0 saturated carbocycles. The third-order valence-corrected chi connectivity index (χ3v) is 3.45. The predicted octanol–water partition coefficient (Wildman–Crippen LogP) is 4.51. The highest BCUT2D eigenvalue weighted by Gasteiger charge is 2.19. The summed E-state index contributed by atoms with van der Waals surface area (Å²) in [6.45, 7) is 12.7. The Hall–Kier alpha value is -1.71. The molecule has 1 amide bonds. The molecule has 0 spiro atoms. The van der Waals surface area contributed by atoms with E-state index in [1.165, 1.54) is 0 Å². The van der Waals surface area contributed by atoms with Crippen molar-refractivity contribution in [3.05, 3.63) is 29.8 Å². The second-order valence-electron chi connectivity index (χ2n) is 7.21. The van der Waals surface area contributed by atoms with Crippen molar-refractivity contribution < 1.29 is 9.53 Å². The molecule has 1 unspecified atom stereocenters. The maximum atomic E-state index is 12.0. The van der Waals surface area contributed by atoms with Crippen LogP contribution in [0.5, 0.6) is 0 Å². The molecule has 0 bridgehead atoms. The van der Waals surface area contributed by atoms with Crippen molar-refractivity contribution in [2.75, 3.05) is 12.4 Å². The van der Waals surface area contributed by atoms with Gasteiger partial charge >= 0.3 is 6.09 Å². The van der Waals surface area contributed by atoms with E-state index in [1.54, 1.807) is 11.9 Å². The van der Waals surface area contributed by atoms with Crippen LogP contribution in [0.2, 0.25) is 0 Å². The second kappa shape index (κ2) is 7.52. The Morgan fingerprint density at radius 1 is 1.27 bits per heavy atom. The third-order valence-electron chi connectivity index (χ3n) is 3.45. The number of rotatable bonds is 5. The molecule has 4 heteroatoms. The highest BCUT2D eigenvalue weighted by Crippen LogP contribution is 2.17. The molecule has 0 fully saturated rings. The van der Waals surface area contributed by atoms with Gasteiger partial charge in [-0.3, -0.25) is 0 Å². The van der Waals surface area contributed by atoms with Gasteiger partial charge in [-0.25, -0.2) is 4.79 Å². The standard InChI is InChI=1S/C18H30N2O2/c1-13(2)14(3)19-16-10-8-9-15(11-16)12-20(7)17(21)22-18(4,5)6/h8-11,13-14,19H,12H2,1-7H3. The van der Waals surface area contributed by atoms with Crippen LogP contribution in [0.3, 0.4) is 0 Å². The van der Waals surface area contributed by atoms with Crippen molar-refractivity contribution in [1.29, 1.82) is 0 Å². The first-order valence-corrected chi connectivity index (χ1v) is 7.88. The Balaban J connectivity index is 2.68. The number of hydrogen-bond acceptors (Lipinski definition) is 3. The molecule has 0 aliphatic rings. The van der Waals surface area contributed by atoms with E-state index in [-0.39, 0.29) is 6.09 Å². The van der Waals surface area contributed by atoms with Crippen molar-refractivity contribution in [3.8, 4) is 0 Å². The first-order chi connectivity index (χ1) is 10.1. The maximum Gasteiger partial charge on any atom is 0.410 e. The van der Waals surface area contributed by atoms with E-state index in [0.717, 1.165) is 11.3 Å². The zero-order valence-electron chi connectivity index (χ0n) is 14.9. The molecule has 1 aromatic carbocycles. The summed E-state index contributed by atoms with van der Waals surface area (Å²) in [6.07, 6.45) is -0.304. The lowest BCUT2D eigenvalue weighted by atomic mass is 10.1. The Morgan fingerprint density at radius 3 is 2.45 bits per heavy atom. The minimum absolute atomic E-state index is 0.304. The van der Waals surface area contributed by atoms with Gasteiger partial charge in [0.25, 0.3) is 0 Å². The quantitative estimate of drug-likeness (QED) is 0.870. The molecule has 22 heavy (non-hydrogen) atoms. The molecule has 1 aromatic rings. The van der Waals surface area contributed by atoms with Crippen LogP contribution < -0.4 is 5.32 Å². The fraction of sp³-hybridized carbons (Fsp3) is 0.611. The van der Waals surface area contributed by atoms with Crippen molar-refractivity contribution >= 4 is 11.8 Å². The zero-order chi connectivity index (χ0) is 16.9. The van der Waals surface area contributed by atoms with E-state index in [2.05, 4.69) is 38.2 Å². The summed E-state index contributed by atoms with van der Waals surface area (Å²) in [6, 6.07) is 8.56. The largest absolute Gasteiger partial charge is 0.444 e. The molecule has 0 aliphatic heterocycles. The van der Waals surface area contributed by atoms with Gasteiger partial charge in [-0.2, -0.15) is 0 Å². The highest BCUT2D eigenvalue weighted by molar-refractivity contribution is 5.67. The van der Waals surface area contributed by atoms with Crippen LogP contribution in [-0.4, -0.2) is 29.7 Å². The zero-order valence-corrected chi connectivity index (χ0v) is 14.9. The van der Waals surface area contributed by atoms with Gasteiger partial charge in [0.1, 0.15) is 5.60 Å². The average Bonchev–Trinajstić information content (AvgIpc) is 2.36. The SMILES string of the molecule is CC(C)C(C)Nc1cccc(CN(C)C(=O)OC(C)(C)C)c1. The summed E-state index contributed by atoms with van der Waals surface area (Å²) in [5.41, 5.74) is 1.69. The molecular formula is C18H30N2O2. The number of ether oxygens (including phenoxy) is 1. The molecule has 0 radical (unpaired) electrons. The lowest BCUT2D eigenvalue weighted by Crippen LogP contribution is -2.33. The number of hydrogen-bond donors (Lipinski definition) is 1. The monoisotopic (exact) mass is 306 g/mol. The Kier molecular flexibility index (Phi) is 6.27. The summed E-state index contributed by atoms with van der Waals surface area (Å²) in [5, 5.41) is 3.49. The van der Waals surface area contributed by atoms with Gasteiger partial charge in [-0.15, -0.1) is 0 Å². The van der Waals surface area contributed by atoms with Gasteiger partial charge in [-0.1, -0.05) is 26.0 Å². The van der Waals surface area contributed by atoms with Gasteiger partial charge in [0, 0.05) is 25.3 Å². The van der Waals surface area contributed by atoms with E-state index < -0.39 is 5.60 Å². The normalized spacial score (nSPS) is 12.9.